The summed E-state index contributed by atoms with van der Waals surface area (Å²) >= 11 is 0. The summed E-state index contributed by atoms with van der Waals surface area (Å²) in [6.45, 7) is 4.49. The van der Waals surface area contributed by atoms with Crippen LogP contribution in [-0.4, -0.2) is 16.1 Å². The third-order valence-electron chi connectivity index (χ3n) is 3.18. The van der Waals surface area contributed by atoms with Crippen LogP contribution >= 0.6 is 0 Å². The lowest BCUT2D eigenvalue weighted by molar-refractivity contribution is 0.0959. The molecule has 1 aromatic rings. The van der Waals surface area contributed by atoms with E-state index >= 15 is 0 Å². The number of hydrogen-bond donors (Lipinski definition) is 0. The first-order valence-electron chi connectivity index (χ1n) is 6.06. The van der Waals surface area contributed by atoms with Crippen molar-refractivity contribution < 1.29 is 4.74 Å². The van der Waals surface area contributed by atoms with Crippen LogP contribution < -0.4 is 4.74 Å². The minimum Gasteiger partial charge on any atom is -0.472 e. The van der Waals surface area contributed by atoms with Crippen molar-refractivity contribution in [3.63, 3.8) is 0 Å². The van der Waals surface area contributed by atoms with Gasteiger partial charge in [-0.3, -0.25) is 0 Å². The van der Waals surface area contributed by atoms with Gasteiger partial charge in [0, 0.05) is 12.4 Å². The first-order valence-corrected chi connectivity index (χ1v) is 6.06. The lowest BCUT2D eigenvalue weighted by Crippen LogP contribution is -2.29. The van der Waals surface area contributed by atoms with Crippen LogP contribution in [0, 0.1) is 23.2 Å². The Labute approximate surface area is 102 Å². The Hall–Kier alpha value is -1.63. The standard InChI is InChI=1S/C13H17N3O/c1-9-5-10(2)7-11(6-9)17-13-12(8-14)15-3-4-16-13/h3-4,9-11H,5-7H2,1-2H3. The van der Waals surface area contributed by atoms with Crippen LogP contribution in [0.3, 0.4) is 0 Å². The number of hydrogen-bond acceptors (Lipinski definition) is 4. The summed E-state index contributed by atoms with van der Waals surface area (Å²) in [4.78, 5) is 8.04. The van der Waals surface area contributed by atoms with Gasteiger partial charge in [0.05, 0.1) is 0 Å². The van der Waals surface area contributed by atoms with E-state index in [9.17, 15) is 0 Å². The normalized spacial score (nSPS) is 28.4. The summed E-state index contributed by atoms with van der Waals surface area (Å²) in [6, 6.07) is 2.01. The van der Waals surface area contributed by atoms with Crippen molar-refractivity contribution in [2.75, 3.05) is 0 Å². The molecule has 0 saturated heterocycles. The number of ether oxygens (including phenoxy) is 1. The van der Waals surface area contributed by atoms with Crippen LogP contribution in [0.25, 0.3) is 0 Å². The molecule has 2 unspecified atom stereocenters. The molecule has 1 heterocycles. The topological polar surface area (TPSA) is 58.8 Å². The first kappa shape index (κ1) is 11.8. The molecule has 0 radical (unpaired) electrons. The molecule has 0 N–H and O–H groups in total. The van der Waals surface area contributed by atoms with E-state index in [-0.39, 0.29) is 11.8 Å². The van der Waals surface area contributed by atoms with E-state index in [0.717, 1.165) is 12.8 Å². The van der Waals surface area contributed by atoms with Crippen molar-refractivity contribution in [1.82, 2.24) is 9.97 Å². The lowest BCUT2D eigenvalue weighted by atomic mass is 9.82. The Kier molecular flexibility index (Phi) is 3.58. The summed E-state index contributed by atoms with van der Waals surface area (Å²) in [6.07, 6.45) is 6.56. The third kappa shape index (κ3) is 2.94. The molecule has 17 heavy (non-hydrogen) atoms. The van der Waals surface area contributed by atoms with Gasteiger partial charge in [-0.1, -0.05) is 13.8 Å². The van der Waals surface area contributed by atoms with Crippen LogP contribution in [0.1, 0.15) is 38.8 Å². The third-order valence-corrected chi connectivity index (χ3v) is 3.18. The van der Waals surface area contributed by atoms with E-state index in [0.29, 0.717) is 17.7 Å². The second kappa shape index (κ2) is 5.13. The molecular weight excluding hydrogens is 214 g/mol. The summed E-state index contributed by atoms with van der Waals surface area (Å²) in [5.41, 5.74) is 0.276. The molecule has 2 atom stereocenters. The van der Waals surface area contributed by atoms with E-state index in [1.165, 1.54) is 12.6 Å². The van der Waals surface area contributed by atoms with Gasteiger partial charge in [-0.25, -0.2) is 9.97 Å². The molecule has 0 aliphatic heterocycles. The monoisotopic (exact) mass is 231 g/mol. The Morgan fingerprint density at radius 1 is 1.18 bits per heavy atom. The van der Waals surface area contributed by atoms with Crippen LogP contribution in [0.15, 0.2) is 12.4 Å². The summed E-state index contributed by atoms with van der Waals surface area (Å²) in [5.74, 6) is 1.72. The zero-order valence-corrected chi connectivity index (χ0v) is 10.3. The molecule has 0 bridgehead atoms. The highest BCUT2D eigenvalue weighted by molar-refractivity contribution is 5.30. The summed E-state index contributed by atoms with van der Waals surface area (Å²) in [5, 5.41) is 8.92. The fourth-order valence-electron chi connectivity index (χ4n) is 2.62. The second-order valence-corrected chi connectivity index (χ2v) is 4.98. The Bertz CT molecular complexity index is 417. The average molecular weight is 231 g/mol. The maximum atomic E-state index is 8.92. The van der Waals surface area contributed by atoms with Gasteiger partial charge in [0.15, 0.2) is 0 Å². The Balaban J connectivity index is 2.08. The highest BCUT2D eigenvalue weighted by Gasteiger charge is 2.26. The minimum absolute atomic E-state index is 0.164. The van der Waals surface area contributed by atoms with Crippen molar-refractivity contribution in [3.05, 3.63) is 18.1 Å². The first-order chi connectivity index (χ1) is 8.19. The fraction of sp³-hybridized carbons (Fsp3) is 0.615. The van der Waals surface area contributed by atoms with E-state index in [1.54, 1.807) is 6.20 Å². The van der Waals surface area contributed by atoms with Gasteiger partial charge in [0.2, 0.25) is 5.69 Å². The van der Waals surface area contributed by atoms with E-state index in [4.69, 9.17) is 10.00 Å². The fourth-order valence-corrected chi connectivity index (χ4v) is 2.62. The number of rotatable bonds is 2. The molecule has 4 nitrogen and oxygen atoms in total. The van der Waals surface area contributed by atoms with Gasteiger partial charge in [0.25, 0.3) is 5.88 Å². The molecule has 1 saturated carbocycles. The molecule has 1 aliphatic rings. The minimum atomic E-state index is 0.164. The summed E-state index contributed by atoms with van der Waals surface area (Å²) < 4.78 is 5.82. The predicted molar refractivity (Wildman–Crippen MR) is 63.3 cm³/mol. The largest absolute Gasteiger partial charge is 0.472 e. The molecule has 0 spiro atoms. The van der Waals surface area contributed by atoms with Crippen LogP contribution in [0.2, 0.25) is 0 Å². The highest BCUT2D eigenvalue weighted by atomic mass is 16.5. The van der Waals surface area contributed by atoms with Gasteiger partial charge in [0.1, 0.15) is 12.2 Å². The average Bonchev–Trinajstić information content (AvgIpc) is 2.28. The lowest BCUT2D eigenvalue weighted by Gasteiger charge is -2.31. The van der Waals surface area contributed by atoms with Crippen molar-refractivity contribution in [3.8, 4) is 11.9 Å². The van der Waals surface area contributed by atoms with Crippen molar-refractivity contribution in [1.29, 1.82) is 5.26 Å². The van der Waals surface area contributed by atoms with Gasteiger partial charge in [-0.2, -0.15) is 5.26 Å². The zero-order chi connectivity index (χ0) is 12.3. The molecule has 0 aromatic carbocycles. The van der Waals surface area contributed by atoms with Gasteiger partial charge >= 0.3 is 0 Å². The quantitative estimate of drug-likeness (QED) is 0.784. The number of nitrogens with zero attached hydrogens (tertiary/aromatic N) is 3. The van der Waals surface area contributed by atoms with Crippen molar-refractivity contribution >= 4 is 0 Å². The molecule has 0 amide bonds. The Morgan fingerprint density at radius 2 is 1.82 bits per heavy atom. The van der Waals surface area contributed by atoms with E-state index in [1.807, 2.05) is 6.07 Å². The van der Waals surface area contributed by atoms with Gasteiger partial charge in [-0.15, -0.1) is 0 Å². The second-order valence-electron chi connectivity index (χ2n) is 4.98. The van der Waals surface area contributed by atoms with Crippen molar-refractivity contribution in [2.24, 2.45) is 11.8 Å². The van der Waals surface area contributed by atoms with Crippen LogP contribution in [0.4, 0.5) is 0 Å². The maximum Gasteiger partial charge on any atom is 0.251 e. The van der Waals surface area contributed by atoms with E-state index < -0.39 is 0 Å². The molecule has 4 heteroatoms. The van der Waals surface area contributed by atoms with Gasteiger partial charge < -0.3 is 4.74 Å². The molecule has 2 rings (SSSR count). The molecule has 1 fully saturated rings. The predicted octanol–water partition coefficient (Wildman–Crippen LogP) is 2.55. The Morgan fingerprint density at radius 3 is 2.47 bits per heavy atom. The smallest absolute Gasteiger partial charge is 0.251 e. The van der Waals surface area contributed by atoms with Crippen molar-refractivity contribution in [2.45, 2.75) is 39.2 Å². The zero-order valence-electron chi connectivity index (χ0n) is 10.3. The molecule has 90 valence electrons. The highest BCUT2D eigenvalue weighted by Crippen LogP contribution is 2.31. The SMILES string of the molecule is CC1CC(C)CC(Oc2nccnc2C#N)C1. The van der Waals surface area contributed by atoms with E-state index in [2.05, 4.69) is 23.8 Å². The van der Waals surface area contributed by atoms with Crippen LogP contribution in [0.5, 0.6) is 5.88 Å². The van der Waals surface area contributed by atoms with Gasteiger partial charge in [-0.05, 0) is 31.1 Å². The molecular formula is C13H17N3O. The molecule has 1 aromatic heterocycles. The number of nitriles is 1. The molecule has 1 aliphatic carbocycles. The number of aromatic nitrogens is 2. The summed E-state index contributed by atoms with van der Waals surface area (Å²) in [7, 11) is 0. The maximum absolute atomic E-state index is 8.92. The van der Waals surface area contributed by atoms with Crippen LogP contribution in [-0.2, 0) is 0 Å².